The van der Waals surface area contributed by atoms with Crippen molar-refractivity contribution in [2.75, 3.05) is 0 Å². The first-order valence-electron chi connectivity index (χ1n) is 5.13. The number of carbonyl (C=O) groups excluding carboxylic acids is 1. The third kappa shape index (κ3) is 2.96. The van der Waals surface area contributed by atoms with Crippen molar-refractivity contribution in [3.8, 4) is 0 Å². The van der Waals surface area contributed by atoms with Crippen LogP contribution < -0.4 is 0 Å². The summed E-state index contributed by atoms with van der Waals surface area (Å²) in [5.74, 6) is -0.310. The lowest BCUT2D eigenvalue weighted by atomic mass is 10.2. The molecule has 2 aromatic rings. The molecule has 0 aliphatic carbocycles. The highest BCUT2D eigenvalue weighted by Crippen LogP contribution is 2.28. The maximum atomic E-state index is 11.8. The van der Waals surface area contributed by atoms with Gasteiger partial charge < -0.3 is 4.74 Å². The van der Waals surface area contributed by atoms with E-state index in [0.29, 0.717) is 10.0 Å². The molecule has 0 fully saturated rings. The summed E-state index contributed by atoms with van der Waals surface area (Å²) >= 11 is 7.15. The van der Waals surface area contributed by atoms with Crippen molar-refractivity contribution in [3.05, 3.63) is 28.4 Å². The highest BCUT2D eigenvalue weighted by Gasteiger charge is 2.19. The van der Waals surface area contributed by atoms with Gasteiger partial charge in [0, 0.05) is 16.3 Å². The average molecular weight is 270 g/mol. The Bertz CT molecular complexity index is 571. The van der Waals surface area contributed by atoms with Crippen LogP contribution in [0.1, 0.15) is 30.4 Å². The van der Waals surface area contributed by atoms with Crippen molar-refractivity contribution in [1.82, 2.24) is 4.98 Å². The molecule has 17 heavy (non-hydrogen) atoms. The van der Waals surface area contributed by atoms with Crippen molar-refractivity contribution < 1.29 is 9.53 Å². The summed E-state index contributed by atoms with van der Waals surface area (Å²) in [6, 6.07) is 3.52. The summed E-state index contributed by atoms with van der Waals surface area (Å²) in [5.41, 5.74) is -0.483. The van der Waals surface area contributed by atoms with Crippen molar-refractivity contribution in [2.24, 2.45) is 0 Å². The third-order valence-corrected chi connectivity index (χ3v) is 3.25. The second-order valence-corrected chi connectivity index (χ2v) is 6.13. The van der Waals surface area contributed by atoms with Gasteiger partial charge in [0.2, 0.25) is 0 Å². The van der Waals surface area contributed by atoms with Crippen LogP contribution in [0.5, 0.6) is 0 Å². The van der Waals surface area contributed by atoms with Crippen LogP contribution in [-0.4, -0.2) is 16.6 Å². The molecule has 0 aromatic carbocycles. The number of hydrogen-bond donors (Lipinski definition) is 0. The molecule has 0 bridgehead atoms. The molecule has 2 aromatic heterocycles. The average Bonchev–Trinajstić information content (AvgIpc) is 2.57. The highest BCUT2D eigenvalue weighted by atomic mass is 35.5. The van der Waals surface area contributed by atoms with E-state index in [9.17, 15) is 4.79 Å². The Morgan fingerprint density at radius 3 is 2.76 bits per heavy atom. The van der Waals surface area contributed by atoms with Crippen LogP contribution in [0, 0.1) is 0 Å². The molecule has 0 saturated heterocycles. The van der Waals surface area contributed by atoms with Crippen molar-refractivity contribution in [3.63, 3.8) is 0 Å². The molecule has 0 aliphatic heterocycles. The lowest BCUT2D eigenvalue weighted by molar-refractivity contribution is 0.00753. The Labute approximate surface area is 108 Å². The normalized spacial score (nSPS) is 11.8. The molecule has 0 radical (unpaired) electrons. The fourth-order valence-electron chi connectivity index (χ4n) is 1.34. The zero-order chi connectivity index (χ0) is 12.6. The molecule has 2 rings (SSSR count). The van der Waals surface area contributed by atoms with Gasteiger partial charge in [-0.25, -0.2) is 9.78 Å². The van der Waals surface area contributed by atoms with Crippen LogP contribution in [0.25, 0.3) is 10.1 Å². The SMILES string of the molecule is CC(C)(C)OC(=O)c1cc2cnc(Cl)cc2s1. The molecule has 0 aliphatic rings. The van der Waals surface area contributed by atoms with Crippen LogP contribution >= 0.6 is 22.9 Å². The van der Waals surface area contributed by atoms with Gasteiger partial charge in [0.1, 0.15) is 15.6 Å². The molecule has 2 heterocycles. The van der Waals surface area contributed by atoms with Gasteiger partial charge in [0.15, 0.2) is 0 Å². The number of hydrogen-bond acceptors (Lipinski definition) is 4. The van der Waals surface area contributed by atoms with E-state index in [2.05, 4.69) is 4.98 Å². The number of thiophene rings is 1. The van der Waals surface area contributed by atoms with Gasteiger partial charge in [-0.3, -0.25) is 0 Å². The Morgan fingerprint density at radius 1 is 1.41 bits per heavy atom. The maximum absolute atomic E-state index is 11.8. The molecule has 0 atom stereocenters. The summed E-state index contributed by atoms with van der Waals surface area (Å²) in [6.45, 7) is 5.53. The lowest BCUT2D eigenvalue weighted by Crippen LogP contribution is -2.23. The monoisotopic (exact) mass is 269 g/mol. The Kier molecular flexibility index (Phi) is 3.10. The standard InChI is InChI=1S/C12H12ClNO2S/c1-12(2,3)16-11(15)9-4-7-6-14-10(13)5-8(7)17-9/h4-6H,1-3H3. The van der Waals surface area contributed by atoms with Crippen LogP contribution in [0.15, 0.2) is 18.3 Å². The number of ether oxygens (including phenoxy) is 1. The molecule has 0 N–H and O–H groups in total. The minimum atomic E-state index is -0.483. The summed E-state index contributed by atoms with van der Waals surface area (Å²) in [4.78, 5) is 16.4. The Morgan fingerprint density at radius 2 is 2.12 bits per heavy atom. The van der Waals surface area contributed by atoms with Crippen LogP contribution in [0.4, 0.5) is 0 Å². The molecule has 0 unspecified atom stereocenters. The number of pyridine rings is 1. The van der Waals surface area contributed by atoms with E-state index in [0.717, 1.165) is 10.1 Å². The summed E-state index contributed by atoms with van der Waals surface area (Å²) in [5, 5.41) is 1.33. The molecule has 3 nitrogen and oxygen atoms in total. The van der Waals surface area contributed by atoms with E-state index >= 15 is 0 Å². The Balaban J connectivity index is 2.33. The first-order chi connectivity index (χ1) is 7.85. The zero-order valence-corrected chi connectivity index (χ0v) is 11.4. The van der Waals surface area contributed by atoms with Gasteiger partial charge in [-0.1, -0.05) is 11.6 Å². The third-order valence-electron chi connectivity index (χ3n) is 1.97. The summed E-state index contributed by atoms with van der Waals surface area (Å²) in [7, 11) is 0. The Hall–Kier alpha value is -1.13. The quantitative estimate of drug-likeness (QED) is 0.582. The number of nitrogens with zero attached hydrogens (tertiary/aromatic N) is 1. The molecule has 5 heteroatoms. The van der Waals surface area contributed by atoms with E-state index in [1.165, 1.54) is 11.3 Å². The maximum Gasteiger partial charge on any atom is 0.348 e. The van der Waals surface area contributed by atoms with Crippen LogP contribution in [0.3, 0.4) is 0 Å². The first-order valence-corrected chi connectivity index (χ1v) is 6.33. The molecular formula is C12H12ClNO2S. The first kappa shape index (κ1) is 12.3. The summed E-state index contributed by atoms with van der Waals surface area (Å²) < 4.78 is 6.24. The number of esters is 1. The lowest BCUT2D eigenvalue weighted by Gasteiger charge is -2.18. The van der Waals surface area contributed by atoms with Gasteiger partial charge in [-0.15, -0.1) is 11.3 Å². The fourth-order valence-corrected chi connectivity index (χ4v) is 2.51. The van der Waals surface area contributed by atoms with Gasteiger partial charge in [0.05, 0.1) is 0 Å². The van der Waals surface area contributed by atoms with E-state index in [-0.39, 0.29) is 5.97 Å². The second-order valence-electron chi connectivity index (χ2n) is 4.66. The van der Waals surface area contributed by atoms with Crippen molar-refractivity contribution in [2.45, 2.75) is 26.4 Å². The van der Waals surface area contributed by atoms with E-state index in [1.54, 1.807) is 18.3 Å². The van der Waals surface area contributed by atoms with Gasteiger partial charge in [-0.2, -0.15) is 0 Å². The number of fused-ring (bicyclic) bond motifs is 1. The topological polar surface area (TPSA) is 39.2 Å². The van der Waals surface area contributed by atoms with Gasteiger partial charge >= 0.3 is 5.97 Å². The summed E-state index contributed by atoms with van der Waals surface area (Å²) in [6.07, 6.45) is 1.65. The second kappa shape index (κ2) is 4.27. The molecule has 0 saturated carbocycles. The van der Waals surface area contributed by atoms with E-state index in [4.69, 9.17) is 16.3 Å². The predicted octanol–water partition coefficient (Wildman–Crippen LogP) is 3.91. The number of rotatable bonds is 1. The highest BCUT2D eigenvalue weighted by molar-refractivity contribution is 7.20. The van der Waals surface area contributed by atoms with E-state index in [1.807, 2.05) is 20.8 Å². The van der Waals surface area contributed by atoms with E-state index < -0.39 is 5.60 Å². The van der Waals surface area contributed by atoms with Crippen LogP contribution in [0.2, 0.25) is 5.15 Å². The molecular weight excluding hydrogens is 258 g/mol. The number of aromatic nitrogens is 1. The van der Waals surface area contributed by atoms with Gasteiger partial charge in [-0.05, 0) is 32.9 Å². The van der Waals surface area contributed by atoms with Crippen molar-refractivity contribution >= 4 is 39.0 Å². The number of halogens is 1. The molecule has 0 amide bonds. The number of carbonyl (C=O) groups is 1. The predicted molar refractivity (Wildman–Crippen MR) is 69.8 cm³/mol. The van der Waals surface area contributed by atoms with Gasteiger partial charge in [0.25, 0.3) is 0 Å². The minimum Gasteiger partial charge on any atom is -0.456 e. The van der Waals surface area contributed by atoms with Crippen molar-refractivity contribution in [1.29, 1.82) is 0 Å². The van der Waals surface area contributed by atoms with Crippen LogP contribution in [-0.2, 0) is 4.74 Å². The fraction of sp³-hybridized carbons (Fsp3) is 0.333. The zero-order valence-electron chi connectivity index (χ0n) is 9.78. The molecule has 90 valence electrons. The largest absolute Gasteiger partial charge is 0.456 e. The minimum absolute atomic E-state index is 0.310. The smallest absolute Gasteiger partial charge is 0.348 e. The molecule has 0 spiro atoms.